The van der Waals surface area contributed by atoms with Crippen molar-refractivity contribution in [2.45, 2.75) is 6.42 Å². The number of fused-ring (bicyclic) bond motifs is 1. The third-order valence-electron chi connectivity index (χ3n) is 5.15. The average Bonchev–Trinajstić information content (AvgIpc) is 3.20. The normalized spacial score (nSPS) is 16.3. The van der Waals surface area contributed by atoms with Crippen molar-refractivity contribution in [2.75, 3.05) is 44.8 Å². The van der Waals surface area contributed by atoms with Crippen LogP contribution in [0.2, 0.25) is 0 Å². The van der Waals surface area contributed by atoms with Gasteiger partial charge in [0.05, 0.1) is 19.4 Å². The quantitative estimate of drug-likeness (QED) is 0.782. The van der Waals surface area contributed by atoms with E-state index >= 15 is 0 Å². The van der Waals surface area contributed by atoms with Gasteiger partial charge in [0, 0.05) is 38.7 Å². The molecular formula is C22H24N2O3. The van der Waals surface area contributed by atoms with Gasteiger partial charge in [-0.2, -0.15) is 0 Å². The Labute approximate surface area is 159 Å². The maximum absolute atomic E-state index is 12.5. The van der Waals surface area contributed by atoms with Crippen LogP contribution in [0.25, 0.3) is 6.08 Å². The number of amides is 1. The van der Waals surface area contributed by atoms with E-state index in [0.29, 0.717) is 13.1 Å². The Morgan fingerprint density at radius 2 is 1.93 bits per heavy atom. The number of methoxy groups -OCH3 is 1. The van der Waals surface area contributed by atoms with E-state index < -0.39 is 0 Å². The molecule has 0 bridgehead atoms. The van der Waals surface area contributed by atoms with Gasteiger partial charge in [0.25, 0.3) is 0 Å². The van der Waals surface area contributed by atoms with Gasteiger partial charge in [0.1, 0.15) is 11.5 Å². The molecule has 5 heteroatoms. The smallest absolute Gasteiger partial charge is 0.246 e. The maximum atomic E-state index is 12.5. The summed E-state index contributed by atoms with van der Waals surface area (Å²) >= 11 is 0. The van der Waals surface area contributed by atoms with Crippen LogP contribution in [0, 0.1) is 0 Å². The minimum Gasteiger partial charge on any atom is -0.495 e. The molecular weight excluding hydrogens is 340 g/mol. The summed E-state index contributed by atoms with van der Waals surface area (Å²) in [6.45, 7) is 3.77. The van der Waals surface area contributed by atoms with E-state index in [1.165, 1.54) is 5.56 Å². The third kappa shape index (κ3) is 3.77. The van der Waals surface area contributed by atoms with Crippen LogP contribution in [0.4, 0.5) is 5.69 Å². The molecule has 0 N–H and O–H groups in total. The highest BCUT2D eigenvalue weighted by atomic mass is 16.5. The van der Waals surface area contributed by atoms with Crippen LogP contribution >= 0.6 is 0 Å². The highest BCUT2D eigenvalue weighted by Crippen LogP contribution is 2.28. The highest BCUT2D eigenvalue weighted by Gasteiger charge is 2.21. The van der Waals surface area contributed by atoms with Crippen LogP contribution in [0.3, 0.4) is 0 Å². The Balaban J connectivity index is 1.36. The second-order valence-electron chi connectivity index (χ2n) is 6.78. The van der Waals surface area contributed by atoms with Gasteiger partial charge >= 0.3 is 0 Å². The monoisotopic (exact) mass is 364 g/mol. The summed E-state index contributed by atoms with van der Waals surface area (Å²) in [4.78, 5) is 16.7. The number of para-hydroxylation sites is 2. The lowest BCUT2D eigenvalue weighted by Crippen LogP contribution is -2.48. The van der Waals surface area contributed by atoms with E-state index in [1.807, 2.05) is 41.3 Å². The SMILES string of the molecule is COc1ccccc1N1CCN(C(=O)/C=C/c2ccc3c(c2)CCO3)CC1. The molecule has 0 aromatic heterocycles. The lowest BCUT2D eigenvalue weighted by Gasteiger charge is -2.36. The zero-order valence-corrected chi connectivity index (χ0v) is 15.6. The largest absolute Gasteiger partial charge is 0.495 e. The number of nitrogens with zero attached hydrogens (tertiary/aromatic N) is 2. The Morgan fingerprint density at radius 1 is 1.11 bits per heavy atom. The summed E-state index contributed by atoms with van der Waals surface area (Å²) in [5.41, 5.74) is 3.35. The zero-order valence-electron chi connectivity index (χ0n) is 15.6. The molecule has 5 nitrogen and oxygen atoms in total. The van der Waals surface area contributed by atoms with Crippen LogP contribution in [0.15, 0.2) is 48.5 Å². The second-order valence-corrected chi connectivity index (χ2v) is 6.78. The molecule has 4 rings (SSSR count). The van der Waals surface area contributed by atoms with E-state index in [2.05, 4.69) is 17.0 Å². The summed E-state index contributed by atoms with van der Waals surface area (Å²) in [6, 6.07) is 14.1. The molecule has 2 aromatic rings. The van der Waals surface area contributed by atoms with Crippen LogP contribution in [-0.4, -0.2) is 50.7 Å². The molecule has 0 saturated carbocycles. The fraction of sp³-hybridized carbons (Fsp3) is 0.318. The molecule has 0 radical (unpaired) electrons. The molecule has 0 atom stereocenters. The van der Waals surface area contributed by atoms with Gasteiger partial charge in [-0.3, -0.25) is 4.79 Å². The van der Waals surface area contributed by atoms with E-state index in [-0.39, 0.29) is 5.91 Å². The lowest BCUT2D eigenvalue weighted by molar-refractivity contribution is -0.126. The molecule has 0 aliphatic carbocycles. The van der Waals surface area contributed by atoms with Crippen molar-refractivity contribution in [3.63, 3.8) is 0 Å². The number of hydrogen-bond acceptors (Lipinski definition) is 4. The molecule has 0 spiro atoms. The number of anilines is 1. The molecule has 27 heavy (non-hydrogen) atoms. The summed E-state index contributed by atoms with van der Waals surface area (Å²) in [7, 11) is 1.69. The minimum absolute atomic E-state index is 0.0615. The Hall–Kier alpha value is -2.95. The predicted octanol–water partition coefficient (Wildman–Crippen LogP) is 2.99. The first-order chi connectivity index (χ1) is 13.2. The minimum atomic E-state index is 0.0615. The highest BCUT2D eigenvalue weighted by molar-refractivity contribution is 5.92. The van der Waals surface area contributed by atoms with Crippen molar-refractivity contribution in [1.82, 2.24) is 4.90 Å². The number of carbonyl (C=O) groups excluding carboxylic acids is 1. The number of carbonyl (C=O) groups is 1. The fourth-order valence-corrected chi connectivity index (χ4v) is 3.64. The van der Waals surface area contributed by atoms with Gasteiger partial charge in [-0.15, -0.1) is 0 Å². The standard InChI is InChI=1S/C22H24N2O3/c1-26-21-5-3-2-4-19(21)23-11-13-24(14-12-23)22(25)9-7-17-6-8-20-18(16-17)10-15-27-20/h2-9,16H,10-15H2,1H3/b9-7+. The van der Waals surface area contributed by atoms with Gasteiger partial charge in [0.15, 0.2) is 0 Å². The molecule has 0 unspecified atom stereocenters. The number of benzene rings is 2. The first-order valence-electron chi connectivity index (χ1n) is 9.35. The summed E-state index contributed by atoms with van der Waals surface area (Å²) < 4.78 is 11.0. The zero-order chi connectivity index (χ0) is 18.6. The molecule has 2 heterocycles. The maximum Gasteiger partial charge on any atom is 0.246 e. The number of ether oxygens (including phenoxy) is 2. The van der Waals surface area contributed by atoms with Crippen molar-refractivity contribution < 1.29 is 14.3 Å². The van der Waals surface area contributed by atoms with E-state index in [0.717, 1.165) is 48.9 Å². The van der Waals surface area contributed by atoms with Gasteiger partial charge in [-0.25, -0.2) is 0 Å². The Kier molecular flexibility index (Phi) is 5.01. The Morgan fingerprint density at radius 3 is 2.74 bits per heavy atom. The van der Waals surface area contributed by atoms with Gasteiger partial charge in [0.2, 0.25) is 5.91 Å². The van der Waals surface area contributed by atoms with Gasteiger partial charge in [-0.05, 0) is 41.5 Å². The molecule has 2 aliphatic rings. The fourth-order valence-electron chi connectivity index (χ4n) is 3.64. The topological polar surface area (TPSA) is 42.0 Å². The number of piperazine rings is 1. The Bertz CT molecular complexity index is 854. The van der Waals surface area contributed by atoms with Crippen molar-refractivity contribution in [1.29, 1.82) is 0 Å². The molecule has 1 fully saturated rings. The lowest BCUT2D eigenvalue weighted by atomic mass is 10.1. The van der Waals surface area contributed by atoms with Crippen LogP contribution in [-0.2, 0) is 11.2 Å². The molecule has 1 saturated heterocycles. The van der Waals surface area contributed by atoms with Crippen molar-refractivity contribution in [2.24, 2.45) is 0 Å². The molecule has 140 valence electrons. The van der Waals surface area contributed by atoms with E-state index in [4.69, 9.17) is 9.47 Å². The van der Waals surface area contributed by atoms with Gasteiger partial charge < -0.3 is 19.3 Å². The summed E-state index contributed by atoms with van der Waals surface area (Å²) in [6.07, 6.45) is 4.51. The number of rotatable bonds is 4. The van der Waals surface area contributed by atoms with Crippen LogP contribution in [0.1, 0.15) is 11.1 Å². The molecule has 1 amide bonds. The first kappa shape index (κ1) is 17.5. The van der Waals surface area contributed by atoms with Crippen molar-refractivity contribution in [3.8, 4) is 11.5 Å². The number of hydrogen-bond donors (Lipinski definition) is 0. The van der Waals surface area contributed by atoms with Crippen LogP contribution < -0.4 is 14.4 Å². The van der Waals surface area contributed by atoms with Crippen molar-refractivity contribution >= 4 is 17.7 Å². The van der Waals surface area contributed by atoms with Crippen molar-refractivity contribution in [3.05, 3.63) is 59.7 Å². The van der Waals surface area contributed by atoms with Gasteiger partial charge in [-0.1, -0.05) is 18.2 Å². The predicted molar refractivity (Wildman–Crippen MR) is 106 cm³/mol. The van der Waals surface area contributed by atoms with E-state index in [1.54, 1.807) is 13.2 Å². The summed E-state index contributed by atoms with van der Waals surface area (Å²) in [5, 5.41) is 0. The first-order valence-corrected chi connectivity index (χ1v) is 9.35. The average molecular weight is 364 g/mol. The van der Waals surface area contributed by atoms with Crippen LogP contribution in [0.5, 0.6) is 11.5 Å². The second kappa shape index (κ2) is 7.74. The molecule has 2 aliphatic heterocycles. The molecule has 2 aromatic carbocycles. The summed E-state index contributed by atoms with van der Waals surface area (Å²) in [5.74, 6) is 1.90. The van der Waals surface area contributed by atoms with E-state index in [9.17, 15) is 4.79 Å². The third-order valence-corrected chi connectivity index (χ3v) is 5.15.